The summed E-state index contributed by atoms with van der Waals surface area (Å²) in [7, 11) is 0. The molecule has 0 N–H and O–H groups in total. The van der Waals surface area contributed by atoms with Crippen LogP contribution in [0, 0.1) is 11.6 Å². The van der Waals surface area contributed by atoms with Crippen LogP contribution in [-0.2, 0) is 25.7 Å². The van der Waals surface area contributed by atoms with Gasteiger partial charge in [0.15, 0.2) is 11.6 Å². The van der Waals surface area contributed by atoms with E-state index >= 15 is 0 Å². The summed E-state index contributed by atoms with van der Waals surface area (Å²) in [5.41, 5.74) is 5.74. The highest BCUT2D eigenvalue weighted by molar-refractivity contribution is 5.57. The average Bonchev–Trinajstić information content (AvgIpc) is 3.17. The molecule has 0 atom stereocenters. The molecule has 2 aliphatic carbocycles. The Morgan fingerprint density at radius 1 is 0.667 bits per heavy atom. The zero-order valence-corrected chi connectivity index (χ0v) is 9.89. The third kappa shape index (κ3) is 1.29. The minimum absolute atomic E-state index is 0.529. The molecule has 0 spiro atoms. The molecule has 0 saturated carbocycles. The Hall–Kier alpha value is -1.70. The van der Waals surface area contributed by atoms with E-state index in [9.17, 15) is 8.78 Å². The standard InChI is InChI=1S/C16H12F2/c17-15-13-7-10-4-2-1-3-9(10)5-6-11(13)12-8-14(12)16(15)18/h1-4H,5-8H2. The van der Waals surface area contributed by atoms with Gasteiger partial charge in [0.05, 0.1) is 0 Å². The van der Waals surface area contributed by atoms with E-state index < -0.39 is 11.6 Å². The molecule has 0 aliphatic heterocycles. The lowest BCUT2D eigenvalue weighted by molar-refractivity contribution is 0.499. The lowest BCUT2D eigenvalue weighted by Crippen LogP contribution is -2.00. The Morgan fingerprint density at radius 3 is 2.11 bits per heavy atom. The van der Waals surface area contributed by atoms with Gasteiger partial charge >= 0.3 is 0 Å². The van der Waals surface area contributed by atoms with E-state index in [-0.39, 0.29) is 0 Å². The highest BCUT2D eigenvalue weighted by Crippen LogP contribution is 2.41. The highest BCUT2D eigenvalue weighted by atomic mass is 19.2. The predicted octanol–water partition coefficient (Wildman–Crippen LogP) is 3.56. The van der Waals surface area contributed by atoms with Crippen molar-refractivity contribution in [2.75, 3.05) is 0 Å². The molecule has 0 heterocycles. The number of aryl methyl sites for hydroxylation is 1. The lowest BCUT2D eigenvalue weighted by Gasteiger charge is -2.07. The van der Waals surface area contributed by atoms with Crippen molar-refractivity contribution < 1.29 is 8.78 Å². The first-order valence-electron chi connectivity index (χ1n) is 6.33. The van der Waals surface area contributed by atoms with Crippen LogP contribution in [0.4, 0.5) is 8.78 Å². The molecule has 0 nitrogen and oxygen atoms in total. The predicted molar refractivity (Wildman–Crippen MR) is 65.8 cm³/mol. The van der Waals surface area contributed by atoms with Crippen LogP contribution in [0.5, 0.6) is 0 Å². The molecule has 2 heteroatoms. The van der Waals surface area contributed by atoms with E-state index in [1.54, 1.807) is 0 Å². The van der Waals surface area contributed by atoms with E-state index in [1.165, 1.54) is 5.56 Å². The van der Waals surface area contributed by atoms with Crippen molar-refractivity contribution >= 4 is 0 Å². The van der Waals surface area contributed by atoms with E-state index in [0.29, 0.717) is 24.0 Å². The Kier molecular flexibility index (Phi) is 1.94. The van der Waals surface area contributed by atoms with Crippen LogP contribution in [0.3, 0.4) is 0 Å². The monoisotopic (exact) mass is 242 g/mol. The summed E-state index contributed by atoms with van der Waals surface area (Å²) >= 11 is 0. The molecule has 2 aromatic rings. The summed E-state index contributed by atoms with van der Waals surface area (Å²) in [4.78, 5) is 0. The summed E-state index contributed by atoms with van der Waals surface area (Å²) in [6.45, 7) is 0. The van der Waals surface area contributed by atoms with Crippen LogP contribution in [0.25, 0.3) is 0 Å². The first-order valence-corrected chi connectivity index (χ1v) is 6.33. The van der Waals surface area contributed by atoms with Gasteiger partial charge in [0, 0.05) is 12.8 Å². The molecule has 0 fully saturated rings. The Morgan fingerprint density at radius 2 is 1.33 bits per heavy atom. The number of hydrogen-bond acceptors (Lipinski definition) is 0. The summed E-state index contributed by atoms with van der Waals surface area (Å²) in [6.07, 6.45) is 2.95. The van der Waals surface area contributed by atoms with Gasteiger partial charge in [-0.1, -0.05) is 24.3 Å². The second kappa shape index (κ2) is 3.41. The molecule has 0 unspecified atom stereocenters. The third-order valence-corrected chi connectivity index (χ3v) is 4.17. The van der Waals surface area contributed by atoms with Crippen LogP contribution in [0.2, 0.25) is 0 Å². The van der Waals surface area contributed by atoms with Gasteiger partial charge < -0.3 is 0 Å². The Balaban J connectivity index is 1.93. The minimum atomic E-state index is -0.613. The van der Waals surface area contributed by atoms with Gasteiger partial charge in [0.25, 0.3) is 0 Å². The maximum Gasteiger partial charge on any atom is 0.162 e. The molecule has 0 aromatic heterocycles. The van der Waals surface area contributed by atoms with Gasteiger partial charge in [-0.2, -0.15) is 0 Å². The fourth-order valence-electron chi connectivity index (χ4n) is 3.12. The molecule has 0 bridgehead atoms. The fourth-order valence-corrected chi connectivity index (χ4v) is 3.12. The van der Waals surface area contributed by atoms with Gasteiger partial charge in [-0.15, -0.1) is 0 Å². The van der Waals surface area contributed by atoms with Crippen molar-refractivity contribution in [3.8, 4) is 0 Å². The SMILES string of the molecule is Fc1c(F)c2c(c3c1Cc1ccccc1CC3)C2. The van der Waals surface area contributed by atoms with Gasteiger partial charge in [-0.25, -0.2) is 8.78 Å². The minimum Gasteiger partial charge on any atom is -0.203 e. The van der Waals surface area contributed by atoms with Crippen molar-refractivity contribution in [2.24, 2.45) is 0 Å². The molecule has 0 saturated heterocycles. The largest absolute Gasteiger partial charge is 0.203 e. The molecular weight excluding hydrogens is 230 g/mol. The van der Waals surface area contributed by atoms with Gasteiger partial charge in [0.1, 0.15) is 0 Å². The summed E-state index contributed by atoms with van der Waals surface area (Å²) in [6, 6.07) is 8.09. The quantitative estimate of drug-likeness (QED) is 0.565. The van der Waals surface area contributed by atoms with Gasteiger partial charge in [0.2, 0.25) is 0 Å². The van der Waals surface area contributed by atoms with Gasteiger partial charge in [-0.3, -0.25) is 0 Å². The average molecular weight is 242 g/mol. The van der Waals surface area contributed by atoms with Crippen LogP contribution in [0.1, 0.15) is 33.4 Å². The van der Waals surface area contributed by atoms with E-state index in [2.05, 4.69) is 6.07 Å². The molecule has 0 amide bonds. The van der Waals surface area contributed by atoms with E-state index in [4.69, 9.17) is 0 Å². The zero-order valence-electron chi connectivity index (χ0n) is 9.89. The number of halogens is 2. The number of fused-ring (bicyclic) bond motifs is 4. The van der Waals surface area contributed by atoms with Crippen molar-refractivity contribution in [3.05, 3.63) is 69.3 Å². The number of rotatable bonds is 0. The first kappa shape index (κ1) is 10.2. The topological polar surface area (TPSA) is 0 Å². The number of hydrogen-bond donors (Lipinski definition) is 0. The maximum atomic E-state index is 14.1. The van der Waals surface area contributed by atoms with Crippen molar-refractivity contribution in [3.63, 3.8) is 0 Å². The van der Waals surface area contributed by atoms with Crippen molar-refractivity contribution in [1.29, 1.82) is 0 Å². The summed E-state index contributed by atoms with van der Waals surface area (Å²) in [5, 5.41) is 0. The van der Waals surface area contributed by atoms with Crippen LogP contribution < -0.4 is 0 Å². The molecule has 90 valence electrons. The molecule has 2 aliphatic rings. The third-order valence-electron chi connectivity index (χ3n) is 4.17. The summed E-state index contributed by atoms with van der Waals surface area (Å²) in [5.74, 6) is -1.22. The highest BCUT2D eigenvalue weighted by Gasteiger charge is 2.33. The fraction of sp³-hybridized carbons (Fsp3) is 0.250. The molecule has 18 heavy (non-hydrogen) atoms. The van der Waals surface area contributed by atoms with E-state index in [1.807, 2.05) is 18.2 Å². The van der Waals surface area contributed by atoms with Crippen LogP contribution in [0.15, 0.2) is 24.3 Å². The van der Waals surface area contributed by atoms with E-state index in [0.717, 1.165) is 29.5 Å². The normalized spacial score (nSPS) is 15.4. The summed E-state index contributed by atoms with van der Waals surface area (Å²) < 4.78 is 27.8. The molecule has 2 aromatic carbocycles. The molecule has 0 radical (unpaired) electrons. The molecule has 4 rings (SSSR count). The lowest BCUT2D eigenvalue weighted by atomic mass is 9.99. The Labute approximate surface area is 104 Å². The maximum absolute atomic E-state index is 14.1. The van der Waals surface area contributed by atoms with Gasteiger partial charge in [-0.05, 0) is 46.2 Å². The zero-order chi connectivity index (χ0) is 12.3. The second-order valence-corrected chi connectivity index (χ2v) is 5.16. The smallest absolute Gasteiger partial charge is 0.162 e. The van der Waals surface area contributed by atoms with Crippen molar-refractivity contribution in [1.82, 2.24) is 0 Å². The van der Waals surface area contributed by atoms with Crippen molar-refractivity contribution in [2.45, 2.75) is 25.7 Å². The first-order chi connectivity index (χ1) is 8.75. The second-order valence-electron chi connectivity index (χ2n) is 5.16. The number of benzene rings is 2. The van der Waals surface area contributed by atoms with Crippen LogP contribution >= 0.6 is 0 Å². The Bertz CT molecular complexity index is 671. The molecular formula is C16H12F2. The van der Waals surface area contributed by atoms with Crippen LogP contribution in [-0.4, -0.2) is 0 Å².